The van der Waals surface area contributed by atoms with Gasteiger partial charge in [0, 0.05) is 30.3 Å². The van der Waals surface area contributed by atoms with Crippen LogP contribution in [0.2, 0.25) is 0 Å². The van der Waals surface area contributed by atoms with E-state index in [0.29, 0.717) is 5.92 Å². The minimum absolute atomic E-state index is 0.105. The molecule has 0 saturated heterocycles. The Labute approximate surface area is 220 Å². The monoisotopic (exact) mass is 514 g/mol. The van der Waals surface area contributed by atoms with Gasteiger partial charge >= 0.3 is 5.70 Å². The molecular formula is C28H40N3O6+. The summed E-state index contributed by atoms with van der Waals surface area (Å²) >= 11 is 0. The van der Waals surface area contributed by atoms with E-state index in [1.807, 2.05) is 48.5 Å². The lowest BCUT2D eigenvalue weighted by Crippen LogP contribution is -1.95. The van der Waals surface area contributed by atoms with Crippen molar-refractivity contribution in [2.24, 2.45) is 0 Å². The molecule has 0 bridgehead atoms. The molecule has 0 atom stereocenters. The number of nitro groups is 3. The fourth-order valence-electron chi connectivity index (χ4n) is 2.15. The molecule has 9 nitrogen and oxygen atoms in total. The van der Waals surface area contributed by atoms with Gasteiger partial charge in [-0.05, 0) is 18.4 Å². The van der Waals surface area contributed by atoms with Gasteiger partial charge in [0.15, 0.2) is 0 Å². The zero-order valence-corrected chi connectivity index (χ0v) is 23.3. The predicted molar refractivity (Wildman–Crippen MR) is 151 cm³/mol. The van der Waals surface area contributed by atoms with Crippen LogP contribution < -0.4 is 0 Å². The van der Waals surface area contributed by atoms with Crippen LogP contribution in [-0.4, -0.2) is 14.8 Å². The zero-order valence-electron chi connectivity index (χ0n) is 23.3. The van der Waals surface area contributed by atoms with Crippen molar-refractivity contribution in [2.75, 3.05) is 0 Å². The molecule has 0 spiro atoms. The Morgan fingerprint density at radius 1 is 0.676 bits per heavy atom. The molecule has 0 aromatic heterocycles. The molecule has 0 unspecified atom stereocenters. The molecule has 37 heavy (non-hydrogen) atoms. The SMILES string of the molecule is CC.CC.CC.CC(C)c1ccc([N+](=O)[O-])cc1.Cc1ccc([N+](=O)[O-])cc1.O=[N+]([O-])C1=CC=[C+]C=C1. The van der Waals surface area contributed by atoms with Crippen molar-refractivity contribution in [3.63, 3.8) is 0 Å². The van der Waals surface area contributed by atoms with E-state index in [9.17, 15) is 30.3 Å². The van der Waals surface area contributed by atoms with Gasteiger partial charge in [0.2, 0.25) is 0 Å². The van der Waals surface area contributed by atoms with Gasteiger partial charge in [0.1, 0.15) is 24.3 Å². The second kappa shape index (κ2) is 23.5. The van der Waals surface area contributed by atoms with Crippen LogP contribution in [0.1, 0.15) is 72.4 Å². The minimum atomic E-state index is -0.437. The summed E-state index contributed by atoms with van der Waals surface area (Å²) in [7, 11) is 0. The Hall–Kier alpha value is -4.23. The zero-order chi connectivity index (χ0) is 29.4. The molecule has 0 saturated carbocycles. The van der Waals surface area contributed by atoms with Crippen molar-refractivity contribution in [1.29, 1.82) is 0 Å². The summed E-state index contributed by atoms with van der Waals surface area (Å²) in [5.74, 6) is 0.422. The lowest BCUT2D eigenvalue weighted by atomic mass is 10.0. The molecule has 9 heteroatoms. The van der Waals surface area contributed by atoms with Crippen LogP contribution in [0.5, 0.6) is 0 Å². The second-order valence-electron chi connectivity index (χ2n) is 6.61. The molecular weight excluding hydrogens is 474 g/mol. The first-order valence-corrected chi connectivity index (χ1v) is 12.2. The smallest absolute Gasteiger partial charge is 0.258 e. The summed E-state index contributed by atoms with van der Waals surface area (Å²) < 4.78 is 0. The van der Waals surface area contributed by atoms with Crippen molar-refractivity contribution in [2.45, 2.75) is 68.2 Å². The molecule has 0 aliphatic heterocycles. The summed E-state index contributed by atoms with van der Waals surface area (Å²) in [6, 6.07) is 13.1. The first-order chi connectivity index (χ1) is 17.6. The first kappa shape index (κ1) is 37.3. The van der Waals surface area contributed by atoms with Crippen LogP contribution in [0.15, 0.2) is 78.5 Å². The third kappa shape index (κ3) is 17.8. The van der Waals surface area contributed by atoms with Crippen molar-refractivity contribution >= 4 is 11.4 Å². The Balaban J connectivity index is -0.000000428. The lowest BCUT2D eigenvalue weighted by Gasteiger charge is -2.02. The topological polar surface area (TPSA) is 129 Å². The second-order valence-corrected chi connectivity index (χ2v) is 6.61. The Morgan fingerprint density at radius 2 is 1.08 bits per heavy atom. The highest BCUT2D eigenvalue weighted by molar-refractivity contribution is 5.34. The van der Waals surface area contributed by atoms with Crippen molar-refractivity contribution in [3.8, 4) is 0 Å². The average Bonchev–Trinajstić information content (AvgIpc) is 2.93. The fraction of sp³-hybridized carbons (Fsp3) is 0.357. The van der Waals surface area contributed by atoms with E-state index < -0.39 is 9.85 Å². The number of hydrogen-bond donors (Lipinski definition) is 0. The van der Waals surface area contributed by atoms with Crippen molar-refractivity contribution in [3.05, 3.63) is 126 Å². The molecule has 0 N–H and O–H groups in total. The maximum atomic E-state index is 10.3. The summed E-state index contributed by atoms with van der Waals surface area (Å²) in [5.41, 5.74) is 2.56. The molecule has 0 radical (unpaired) electrons. The number of nitrogens with zero attached hydrogens (tertiary/aromatic N) is 3. The number of non-ortho nitro benzene ring substituents is 2. The number of aryl methyl sites for hydroxylation is 1. The predicted octanol–water partition coefficient (Wildman–Crippen LogP) is 8.78. The number of benzene rings is 2. The molecule has 2 aromatic rings. The molecule has 1 aliphatic rings. The van der Waals surface area contributed by atoms with Crippen LogP contribution in [0.4, 0.5) is 11.4 Å². The lowest BCUT2D eigenvalue weighted by molar-refractivity contribution is -0.419. The summed E-state index contributed by atoms with van der Waals surface area (Å²) in [4.78, 5) is 29.2. The minimum Gasteiger partial charge on any atom is -0.258 e. The molecule has 1 aliphatic carbocycles. The fourth-order valence-corrected chi connectivity index (χ4v) is 2.15. The van der Waals surface area contributed by atoms with E-state index >= 15 is 0 Å². The number of allylic oxidation sites excluding steroid dienone is 5. The van der Waals surface area contributed by atoms with E-state index in [0.717, 1.165) is 11.1 Å². The molecule has 0 fully saturated rings. The highest BCUT2D eigenvalue weighted by Gasteiger charge is 2.12. The van der Waals surface area contributed by atoms with Crippen LogP contribution in [0, 0.1) is 43.3 Å². The Kier molecular flexibility index (Phi) is 23.7. The summed E-state index contributed by atoms with van der Waals surface area (Å²) in [5, 5.41) is 30.4. The Morgan fingerprint density at radius 3 is 1.35 bits per heavy atom. The van der Waals surface area contributed by atoms with Gasteiger partial charge in [0.05, 0.1) is 14.8 Å². The van der Waals surface area contributed by atoms with Crippen LogP contribution >= 0.6 is 0 Å². The molecule has 2 aromatic carbocycles. The molecule has 0 amide bonds. The quantitative estimate of drug-likeness (QED) is 0.228. The maximum Gasteiger partial charge on any atom is 0.373 e. The standard InChI is InChI=1S/C9H11NO2.C7H7NO2.C6H4NO2.3C2H6/c1-7(2)8-3-5-9(6-4-8)10(11)12;1-6-2-4-7(5-3-6)8(9)10;8-7(9)6-4-2-1-3-5-6;3*1-2/h3-7H,1-2H3;2-5H,1H3;2-5H;3*1-2H3/q;;+1;;;. The van der Waals surface area contributed by atoms with Crippen LogP contribution in [0.25, 0.3) is 0 Å². The number of rotatable bonds is 4. The average molecular weight is 515 g/mol. The van der Waals surface area contributed by atoms with Gasteiger partial charge in [-0.1, -0.05) is 85.2 Å². The highest BCUT2D eigenvalue weighted by atomic mass is 16.6. The van der Waals surface area contributed by atoms with Crippen LogP contribution in [0.3, 0.4) is 0 Å². The Bertz CT molecular complexity index is 994. The van der Waals surface area contributed by atoms with Gasteiger partial charge in [-0.2, -0.15) is 0 Å². The van der Waals surface area contributed by atoms with Crippen molar-refractivity contribution < 1.29 is 14.8 Å². The number of hydrogen-bond acceptors (Lipinski definition) is 6. The van der Waals surface area contributed by atoms with Gasteiger partial charge in [-0.15, -0.1) is 0 Å². The van der Waals surface area contributed by atoms with E-state index in [-0.39, 0.29) is 22.0 Å². The van der Waals surface area contributed by atoms with Gasteiger partial charge in [-0.3, -0.25) is 30.3 Å². The van der Waals surface area contributed by atoms with Gasteiger partial charge in [0.25, 0.3) is 11.4 Å². The normalized spacial score (nSPS) is 9.84. The summed E-state index contributed by atoms with van der Waals surface area (Å²) in [6.45, 7) is 18.0. The summed E-state index contributed by atoms with van der Waals surface area (Å²) in [6.07, 6.45) is 8.51. The third-order valence-electron chi connectivity index (χ3n) is 3.93. The van der Waals surface area contributed by atoms with Crippen LogP contribution in [-0.2, 0) is 0 Å². The maximum absolute atomic E-state index is 10.3. The molecule has 202 valence electrons. The van der Waals surface area contributed by atoms with Gasteiger partial charge in [-0.25, -0.2) is 0 Å². The van der Waals surface area contributed by atoms with E-state index in [4.69, 9.17) is 0 Å². The molecule has 3 rings (SSSR count). The molecule has 0 heterocycles. The largest absolute Gasteiger partial charge is 0.373 e. The highest BCUT2D eigenvalue weighted by Crippen LogP contribution is 2.18. The van der Waals surface area contributed by atoms with Gasteiger partial charge < -0.3 is 0 Å². The van der Waals surface area contributed by atoms with E-state index in [1.165, 1.54) is 48.6 Å². The van der Waals surface area contributed by atoms with E-state index in [1.54, 1.807) is 24.3 Å². The number of nitro benzene ring substituents is 2. The first-order valence-electron chi connectivity index (χ1n) is 12.2. The third-order valence-corrected chi connectivity index (χ3v) is 3.93. The van der Waals surface area contributed by atoms with E-state index in [2.05, 4.69) is 19.9 Å². The van der Waals surface area contributed by atoms with Crippen molar-refractivity contribution in [1.82, 2.24) is 0 Å².